The molecule has 0 saturated heterocycles. The maximum absolute atomic E-state index is 14.8. The minimum Gasteiger partial charge on any atom is -0.463 e. The summed E-state index contributed by atoms with van der Waals surface area (Å²) in [6.07, 6.45) is 7.90. The average molecular weight is 433 g/mol. The smallest absolute Gasteiger partial charge is 0.348 e. The van der Waals surface area contributed by atoms with Crippen molar-refractivity contribution in [1.29, 1.82) is 0 Å². The molecule has 0 bridgehead atoms. The minimum atomic E-state index is -2.02. The molecule has 1 unspecified atom stereocenters. The van der Waals surface area contributed by atoms with Gasteiger partial charge in [-0.2, -0.15) is 0 Å². The minimum absolute atomic E-state index is 0.0473. The Morgan fingerprint density at radius 2 is 1.90 bits per heavy atom. The zero-order valence-corrected chi connectivity index (χ0v) is 17.6. The van der Waals surface area contributed by atoms with Gasteiger partial charge < -0.3 is 25.5 Å². The fraction of sp³-hybridized carbons (Fsp3) is 0.476. The molecule has 1 heterocycles. The average Bonchev–Trinajstić information content (AvgIpc) is 3.49. The van der Waals surface area contributed by atoms with Gasteiger partial charge in [0.25, 0.3) is 0 Å². The Morgan fingerprint density at radius 3 is 2.47 bits per heavy atom. The van der Waals surface area contributed by atoms with E-state index in [0.29, 0.717) is 0 Å². The molecule has 0 spiro atoms. The highest BCUT2D eigenvalue weighted by molar-refractivity contribution is 7.80. The van der Waals surface area contributed by atoms with Gasteiger partial charge in [-0.05, 0) is 79.9 Å². The number of carbonyl (C=O) groups is 1. The normalized spacial score (nSPS) is 16.5. The number of aromatic amines is 1. The Hall–Kier alpha value is -2.52. The number of hydrogen-bond acceptors (Lipinski definition) is 5. The molecular weight excluding hydrogens is 407 g/mol. The molecule has 1 aromatic carbocycles. The van der Waals surface area contributed by atoms with E-state index < -0.39 is 11.6 Å². The van der Waals surface area contributed by atoms with Gasteiger partial charge in [0.15, 0.2) is 10.9 Å². The molecule has 1 atom stereocenters. The van der Waals surface area contributed by atoms with Crippen LogP contribution in [-0.4, -0.2) is 39.3 Å². The number of halogens is 1. The number of thiocarbonyl (C=S) groups is 1. The summed E-state index contributed by atoms with van der Waals surface area (Å²) in [5, 5.41) is 17.3. The number of nitrogens with one attached hydrogen (secondary N) is 3. The number of ether oxygens (including phenoxy) is 1. The van der Waals surface area contributed by atoms with Crippen LogP contribution in [0.3, 0.4) is 0 Å². The lowest BCUT2D eigenvalue weighted by atomic mass is 9.98. The topological polar surface area (TPSA) is 99.3 Å². The Morgan fingerprint density at radius 1 is 1.27 bits per heavy atom. The molecule has 0 fully saturated rings. The van der Waals surface area contributed by atoms with Crippen molar-refractivity contribution in [3.63, 3.8) is 0 Å². The molecule has 4 N–H and O–H groups in total. The predicted octanol–water partition coefficient (Wildman–Crippen LogP) is 2.26. The number of rotatable bonds is 6. The molecule has 0 radical (unpaired) electrons. The van der Waals surface area contributed by atoms with Gasteiger partial charge in [-0.1, -0.05) is 0 Å². The van der Waals surface area contributed by atoms with Crippen LogP contribution in [0.1, 0.15) is 47.8 Å². The van der Waals surface area contributed by atoms with Gasteiger partial charge in [-0.25, -0.2) is 14.2 Å². The zero-order chi connectivity index (χ0) is 21.3. The Labute approximate surface area is 179 Å². The van der Waals surface area contributed by atoms with Crippen LogP contribution in [0.25, 0.3) is 0 Å². The molecular formula is C21H25FN4O3S. The second-order valence-corrected chi connectivity index (χ2v) is 8.04. The van der Waals surface area contributed by atoms with Crippen LogP contribution in [0.4, 0.5) is 10.1 Å². The van der Waals surface area contributed by atoms with Gasteiger partial charge in [-0.15, -0.1) is 0 Å². The molecule has 0 saturated carbocycles. The second-order valence-electron chi connectivity index (χ2n) is 7.64. The largest absolute Gasteiger partial charge is 0.463 e. The van der Waals surface area contributed by atoms with Gasteiger partial charge in [0.1, 0.15) is 5.82 Å². The van der Waals surface area contributed by atoms with Gasteiger partial charge in [0.2, 0.25) is 5.60 Å². The maximum atomic E-state index is 14.8. The van der Waals surface area contributed by atoms with Crippen molar-refractivity contribution in [3.05, 3.63) is 46.3 Å². The summed E-state index contributed by atoms with van der Waals surface area (Å²) >= 11 is 5.45. The van der Waals surface area contributed by atoms with Crippen LogP contribution < -0.4 is 10.6 Å². The lowest BCUT2D eigenvalue weighted by molar-refractivity contribution is -0.166. The monoisotopic (exact) mass is 432 g/mol. The first-order chi connectivity index (χ1) is 14.5. The van der Waals surface area contributed by atoms with E-state index in [2.05, 4.69) is 20.6 Å². The fourth-order valence-electron chi connectivity index (χ4n) is 4.40. The van der Waals surface area contributed by atoms with E-state index in [0.717, 1.165) is 66.5 Å². The van der Waals surface area contributed by atoms with E-state index in [1.807, 2.05) is 0 Å². The molecule has 0 amide bonds. The van der Waals surface area contributed by atoms with Crippen molar-refractivity contribution < 1.29 is 19.0 Å². The number of H-pyrrole nitrogens is 1. The van der Waals surface area contributed by atoms with Crippen LogP contribution in [0, 0.1) is 5.82 Å². The Balaban J connectivity index is 1.54. The van der Waals surface area contributed by atoms with Crippen molar-refractivity contribution >= 4 is 29.0 Å². The summed E-state index contributed by atoms with van der Waals surface area (Å²) < 4.78 is 19.9. The molecule has 1 aromatic heterocycles. The highest BCUT2D eigenvalue weighted by Gasteiger charge is 2.42. The van der Waals surface area contributed by atoms with Crippen LogP contribution in [-0.2, 0) is 40.8 Å². The van der Waals surface area contributed by atoms with Crippen LogP contribution in [0.5, 0.6) is 0 Å². The Kier molecular flexibility index (Phi) is 5.75. The van der Waals surface area contributed by atoms with Crippen molar-refractivity contribution in [2.24, 2.45) is 0 Å². The van der Waals surface area contributed by atoms with Gasteiger partial charge in [0.05, 0.1) is 13.2 Å². The summed E-state index contributed by atoms with van der Waals surface area (Å²) in [6.45, 7) is 1.56. The molecule has 9 heteroatoms. The van der Waals surface area contributed by atoms with Gasteiger partial charge in [-0.3, -0.25) is 0 Å². The molecule has 2 aliphatic rings. The number of anilines is 1. The standard InChI is InChI=1S/C21H25FN4O3S/c1-2-29-19(27)21(28,18-23-9-10-24-18)11-25-20(30)26-17-14-7-3-5-12(14)16(22)13-6-4-8-15(13)17/h9-10,28H,2-8,11H2,1H3,(H,23,24)(H2,25,26,30). The lowest BCUT2D eigenvalue weighted by Gasteiger charge is -2.25. The first kappa shape index (κ1) is 20.7. The summed E-state index contributed by atoms with van der Waals surface area (Å²) in [6, 6.07) is 0. The van der Waals surface area contributed by atoms with Gasteiger partial charge in [0, 0.05) is 18.1 Å². The fourth-order valence-corrected chi connectivity index (χ4v) is 4.57. The number of imidazole rings is 1. The van der Waals surface area contributed by atoms with Crippen molar-refractivity contribution in [2.45, 2.75) is 51.0 Å². The number of benzene rings is 1. The zero-order valence-electron chi connectivity index (χ0n) is 16.8. The van der Waals surface area contributed by atoms with E-state index in [1.165, 1.54) is 12.4 Å². The van der Waals surface area contributed by atoms with Crippen LogP contribution in [0.2, 0.25) is 0 Å². The van der Waals surface area contributed by atoms with Gasteiger partial charge >= 0.3 is 5.97 Å². The molecule has 7 nitrogen and oxygen atoms in total. The predicted molar refractivity (Wildman–Crippen MR) is 114 cm³/mol. The summed E-state index contributed by atoms with van der Waals surface area (Å²) in [4.78, 5) is 19.2. The summed E-state index contributed by atoms with van der Waals surface area (Å²) in [7, 11) is 0. The maximum Gasteiger partial charge on any atom is 0.348 e. The third kappa shape index (κ3) is 3.56. The second kappa shape index (κ2) is 8.31. The SMILES string of the molecule is CCOC(=O)C(O)(CNC(=S)Nc1c2c(c(F)c3c1CCC3)CCC2)c1ncc[nH]1. The number of carbonyl (C=O) groups excluding carboxylic acids is 1. The van der Waals surface area contributed by atoms with E-state index in [1.54, 1.807) is 6.92 Å². The van der Waals surface area contributed by atoms with Crippen molar-refractivity contribution in [2.75, 3.05) is 18.5 Å². The number of hydrogen-bond donors (Lipinski definition) is 4. The molecule has 2 aliphatic carbocycles. The molecule has 4 rings (SSSR count). The molecule has 0 aliphatic heterocycles. The molecule has 30 heavy (non-hydrogen) atoms. The Bertz CT molecular complexity index is 944. The van der Waals surface area contributed by atoms with Crippen LogP contribution >= 0.6 is 12.2 Å². The molecule has 2 aromatic rings. The van der Waals surface area contributed by atoms with Crippen LogP contribution in [0.15, 0.2) is 12.4 Å². The first-order valence-electron chi connectivity index (χ1n) is 10.2. The molecule has 160 valence electrons. The highest BCUT2D eigenvalue weighted by atomic mass is 32.1. The quantitative estimate of drug-likeness (QED) is 0.411. The number of aromatic nitrogens is 2. The number of esters is 1. The highest BCUT2D eigenvalue weighted by Crippen LogP contribution is 2.40. The summed E-state index contributed by atoms with van der Waals surface area (Å²) in [5.74, 6) is -0.799. The van der Waals surface area contributed by atoms with Crippen molar-refractivity contribution in [1.82, 2.24) is 15.3 Å². The van der Waals surface area contributed by atoms with E-state index in [4.69, 9.17) is 17.0 Å². The third-order valence-corrected chi connectivity index (χ3v) is 6.06. The number of nitrogens with zero attached hydrogens (tertiary/aromatic N) is 1. The van der Waals surface area contributed by atoms with E-state index in [9.17, 15) is 14.3 Å². The number of aliphatic hydroxyl groups is 1. The lowest BCUT2D eigenvalue weighted by Crippen LogP contribution is -2.49. The number of fused-ring (bicyclic) bond motifs is 2. The summed E-state index contributed by atoms with van der Waals surface area (Å²) in [5.41, 5.74) is 2.43. The van der Waals surface area contributed by atoms with E-state index in [-0.39, 0.29) is 29.9 Å². The first-order valence-corrected chi connectivity index (χ1v) is 10.7. The van der Waals surface area contributed by atoms with E-state index >= 15 is 0 Å². The third-order valence-electron chi connectivity index (χ3n) is 5.82. The van der Waals surface area contributed by atoms with Crippen molar-refractivity contribution in [3.8, 4) is 0 Å².